The summed E-state index contributed by atoms with van der Waals surface area (Å²) in [7, 11) is 0. The molecule has 0 atom stereocenters. The molecule has 0 fully saturated rings. The first-order valence-corrected chi connectivity index (χ1v) is 10.9. The standard InChI is InChI=1S/C26H21FN6/c1-14(2)33-15(3)31-24-21(27)10-18(11-23(24)33)19-12-30-26-20(19)13-29-25(32-26)17-6-7-22-16(9-17)5-4-8-28-22/h4-14H,1-3H3,(H,29,30,32). The van der Waals surface area contributed by atoms with E-state index in [4.69, 9.17) is 4.98 Å². The monoisotopic (exact) mass is 436 g/mol. The number of H-pyrrole nitrogens is 1. The second-order valence-electron chi connectivity index (χ2n) is 8.52. The Morgan fingerprint density at radius 1 is 1.00 bits per heavy atom. The van der Waals surface area contributed by atoms with Crippen LogP contribution in [0.2, 0.25) is 0 Å². The fourth-order valence-electron chi connectivity index (χ4n) is 4.58. The molecular weight excluding hydrogens is 415 g/mol. The number of nitrogens with zero attached hydrogens (tertiary/aromatic N) is 5. The van der Waals surface area contributed by atoms with E-state index >= 15 is 0 Å². The largest absolute Gasteiger partial charge is 0.345 e. The molecular formula is C26H21FN6. The zero-order valence-electron chi connectivity index (χ0n) is 18.5. The van der Waals surface area contributed by atoms with Gasteiger partial charge in [-0.05, 0) is 62.7 Å². The summed E-state index contributed by atoms with van der Waals surface area (Å²) in [6.45, 7) is 6.05. The lowest BCUT2D eigenvalue weighted by atomic mass is 10.1. The summed E-state index contributed by atoms with van der Waals surface area (Å²) in [6.07, 6.45) is 5.43. The van der Waals surface area contributed by atoms with Gasteiger partial charge in [-0.1, -0.05) is 6.07 Å². The molecule has 6 nitrogen and oxygen atoms in total. The van der Waals surface area contributed by atoms with Gasteiger partial charge in [0.15, 0.2) is 11.6 Å². The average Bonchev–Trinajstić information content (AvgIpc) is 3.39. The average molecular weight is 436 g/mol. The van der Waals surface area contributed by atoms with Crippen LogP contribution in [0.15, 0.2) is 61.1 Å². The van der Waals surface area contributed by atoms with Crippen LogP contribution in [0.4, 0.5) is 4.39 Å². The zero-order valence-corrected chi connectivity index (χ0v) is 18.5. The van der Waals surface area contributed by atoms with Crippen LogP contribution in [0.5, 0.6) is 0 Å². The van der Waals surface area contributed by atoms with Crippen LogP contribution >= 0.6 is 0 Å². The highest BCUT2D eigenvalue weighted by molar-refractivity contribution is 5.96. The van der Waals surface area contributed by atoms with Gasteiger partial charge < -0.3 is 9.55 Å². The lowest BCUT2D eigenvalue weighted by Gasteiger charge is -2.11. The van der Waals surface area contributed by atoms with Crippen molar-refractivity contribution in [2.24, 2.45) is 0 Å². The van der Waals surface area contributed by atoms with Gasteiger partial charge in [-0.2, -0.15) is 0 Å². The highest BCUT2D eigenvalue weighted by Gasteiger charge is 2.17. The van der Waals surface area contributed by atoms with E-state index in [1.165, 1.54) is 6.07 Å². The fourth-order valence-corrected chi connectivity index (χ4v) is 4.58. The number of pyridine rings is 1. The van der Waals surface area contributed by atoms with Gasteiger partial charge in [0.2, 0.25) is 0 Å². The Balaban J connectivity index is 1.47. The predicted octanol–water partition coefficient (Wildman–Crippen LogP) is 6.22. The predicted molar refractivity (Wildman–Crippen MR) is 128 cm³/mol. The Labute approximate surface area is 189 Å². The lowest BCUT2D eigenvalue weighted by Crippen LogP contribution is -2.02. The van der Waals surface area contributed by atoms with Gasteiger partial charge in [0.05, 0.1) is 11.0 Å². The number of aromatic amines is 1. The van der Waals surface area contributed by atoms with Gasteiger partial charge in [0.1, 0.15) is 17.0 Å². The lowest BCUT2D eigenvalue weighted by molar-refractivity contribution is 0.600. The van der Waals surface area contributed by atoms with Gasteiger partial charge in [0.25, 0.3) is 0 Å². The smallest absolute Gasteiger partial charge is 0.161 e. The molecule has 0 aliphatic rings. The molecule has 162 valence electrons. The van der Waals surface area contributed by atoms with Crippen molar-refractivity contribution in [2.45, 2.75) is 26.8 Å². The molecule has 33 heavy (non-hydrogen) atoms. The SMILES string of the molecule is Cc1nc2c(F)cc(-c3c[nH]c4nc(-c5ccc6ncccc6c5)ncc34)cc2n1C(C)C. The second-order valence-corrected chi connectivity index (χ2v) is 8.52. The van der Waals surface area contributed by atoms with Crippen molar-refractivity contribution in [1.82, 2.24) is 29.5 Å². The molecule has 0 amide bonds. The number of hydrogen-bond donors (Lipinski definition) is 1. The molecule has 0 radical (unpaired) electrons. The number of benzene rings is 2. The minimum absolute atomic E-state index is 0.177. The van der Waals surface area contributed by atoms with E-state index in [0.29, 0.717) is 17.0 Å². The summed E-state index contributed by atoms with van der Waals surface area (Å²) in [5, 5.41) is 1.87. The van der Waals surface area contributed by atoms with Crippen LogP contribution in [-0.2, 0) is 0 Å². The Morgan fingerprint density at radius 2 is 1.88 bits per heavy atom. The van der Waals surface area contributed by atoms with Crippen molar-refractivity contribution < 1.29 is 4.39 Å². The van der Waals surface area contributed by atoms with Crippen molar-refractivity contribution in [3.05, 3.63) is 72.7 Å². The number of aryl methyl sites for hydroxylation is 1. The van der Waals surface area contributed by atoms with Crippen molar-refractivity contribution in [1.29, 1.82) is 0 Å². The van der Waals surface area contributed by atoms with Gasteiger partial charge in [-0.25, -0.2) is 19.3 Å². The first kappa shape index (κ1) is 19.5. The number of hydrogen-bond acceptors (Lipinski definition) is 4. The molecule has 6 aromatic rings. The van der Waals surface area contributed by atoms with E-state index < -0.39 is 0 Å². The first-order valence-electron chi connectivity index (χ1n) is 10.9. The summed E-state index contributed by atoms with van der Waals surface area (Å²) < 4.78 is 17.0. The minimum atomic E-state index is -0.332. The van der Waals surface area contributed by atoms with Gasteiger partial charge in [0, 0.05) is 46.5 Å². The van der Waals surface area contributed by atoms with Gasteiger partial charge >= 0.3 is 0 Å². The molecule has 2 aromatic carbocycles. The summed E-state index contributed by atoms with van der Waals surface area (Å²) in [5.74, 6) is 1.09. The quantitative estimate of drug-likeness (QED) is 0.358. The molecule has 0 bridgehead atoms. The molecule has 1 N–H and O–H groups in total. The van der Waals surface area contributed by atoms with Crippen LogP contribution in [0.3, 0.4) is 0 Å². The Kier molecular flexibility index (Phi) is 4.26. The van der Waals surface area contributed by atoms with Crippen LogP contribution in [0.25, 0.3) is 55.5 Å². The molecule has 4 aromatic heterocycles. The number of halogens is 1. The third-order valence-corrected chi connectivity index (χ3v) is 6.05. The molecule has 0 saturated heterocycles. The summed E-state index contributed by atoms with van der Waals surface area (Å²) >= 11 is 0. The van der Waals surface area contributed by atoms with Crippen molar-refractivity contribution in [2.75, 3.05) is 0 Å². The number of rotatable bonds is 3. The fraction of sp³-hybridized carbons (Fsp3) is 0.154. The molecule has 0 aliphatic heterocycles. The number of nitrogens with one attached hydrogen (secondary N) is 1. The molecule has 0 unspecified atom stereocenters. The topological polar surface area (TPSA) is 72.3 Å². The van der Waals surface area contributed by atoms with Crippen LogP contribution in [0, 0.1) is 12.7 Å². The highest BCUT2D eigenvalue weighted by Crippen LogP contribution is 2.33. The number of fused-ring (bicyclic) bond motifs is 3. The third-order valence-electron chi connectivity index (χ3n) is 6.05. The Morgan fingerprint density at radius 3 is 2.73 bits per heavy atom. The summed E-state index contributed by atoms with van der Waals surface area (Å²) in [6, 6.07) is 13.6. The molecule has 4 heterocycles. The van der Waals surface area contributed by atoms with Crippen LogP contribution < -0.4 is 0 Å². The van der Waals surface area contributed by atoms with Gasteiger partial charge in [-0.3, -0.25) is 4.98 Å². The highest BCUT2D eigenvalue weighted by atomic mass is 19.1. The first-order chi connectivity index (χ1) is 16.0. The van der Waals surface area contributed by atoms with Crippen molar-refractivity contribution in [3.63, 3.8) is 0 Å². The van der Waals surface area contributed by atoms with Crippen LogP contribution in [-0.4, -0.2) is 29.5 Å². The van der Waals surface area contributed by atoms with Crippen LogP contribution in [0.1, 0.15) is 25.7 Å². The second kappa shape index (κ2) is 7.20. The number of imidazole rings is 1. The maximum Gasteiger partial charge on any atom is 0.161 e. The molecule has 0 spiro atoms. The van der Waals surface area contributed by atoms with E-state index in [0.717, 1.165) is 44.3 Å². The van der Waals surface area contributed by atoms with E-state index in [1.54, 1.807) is 12.4 Å². The van der Waals surface area contributed by atoms with E-state index in [2.05, 4.69) is 38.4 Å². The third kappa shape index (κ3) is 3.08. The Hall–Kier alpha value is -4.13. The van der Waals surface area contributed by atoms with E-state index in [9.17, 15) is 4.39 Å². The normalized spacial score (nSPS) is 11.9. The summed E-state index contributed by atoms with van der Waals surface area (Å²) in [4.78, 5) is 21.4. The zero-order chi connectivity index (χ0) is 22.7. The van der Waals surface area contributed by atoms with E-state index in [-0.39, 0.29) is 11.9 Å². The van der Waals surface area contributed by atoms with Crippen molar-refractivity contribution >= 4 is 33.0 Å². The molecule has 0 saturated carbocycles. The van der Waals surface area contributed by atoms with Crippen molar-refractivity contribution in [3.8, 4) is 22.5 Å². The Bertz CT molecular complexity index is 1680. The maximum atomic E-state index is 15.0. The molecule has 0 aliphatic carbocycles. The molecule has 7 heteroatoms. The van der Waals surface area contributed by atoms with Gasteiger partial charge in [-0.15, -0.1) is 0 Å². The molecule has 6 rings (SSSR count). The number of aromatic nitrogens is 6. The maximum absolute atomic E-state index is 15.0. The van der Waals surface area contributed by atoms with E-state index in [1.807, 2.05) is 49.5 Å². The summed E-state index contributed by atoms with van der Waals surface area (Å²) in [5.41, 5.74) is 5.35. The minimum Gasteiger partial charge on any atom is -0.345 e.